The van der Waals surface area contributed by atoms with Gasteiger partial charge in [0.1, 0.15) is 13.2 Å². The van der Waals surface area contributed by atoms with Gasteiger partial charge in [0.25, 0.3) is 16.0 Å². The van der Waals surface area contributed by atoms with Gasteiger partial charge in [-0.05, 0) is 4.92 Å². The Morgan fingerprint density at radius 3 is 2.61 bits per heavy atom. The van der Waals surface area contributed by atoms with Crippen molar-refractivity contribution in [2.24, 2.45) is 0 Å². The first-order valence-corrected chi connectivity index (χ1v) is 7.57. The number of hydrogen-bond donors (Lipinski definition) is 1. The van der Waals surface area contributed by atoms with Crippen LogP contribution in [0.15, 0.2) is 6.33 Å². The van der Waals surface area contributed by atoms with Gasteiger partial charge in [0, 0.05) is 0 Å². The Bertz CT molecular complexity index is 699. The SMILES string of the molecule is CS(=O)(=O)OCc1ncn(CC(=O)NCC(F)(F)F)c1[N+](=O)[O-]. The van der Waals surface area contributed by atoms with Crippen LogP contribution in [-0.4, -0.2) is 47.8 Å². The maximum Gasteiger partial charge on any atom is 0.405 e. The molecular weight excluding hydrogens is 349 g/mol. The van der Waals surface area contributed by atoms with Crippen LogP contribution < -0.4 is 5.32 Å². The number of carbonyl (C=O) groups excluding carboxylic acids is 1. The quantitative estimate of drug-likeness (QED) is 0.409. The molecule has 0 radical (unpaired) electrons. The zero-order valence-electron chi connectivity index (χ0n) is 11.5. The van der Waals surface area contributed by atoms with Gasteiger partial charge in [0.15, 0.2) is 18.6 Å². The molecule has 1 aromatic heterocycles. The van der Waals surface area contributed by atoms with Gasteiger partial charge in [0.05, 0.1) is 6.26 Å². The normalized spacial score (nSPS) is 12.2. The van der Waals surface area contributed by atoms with Crippen LogP contribution in [0.4, 0.5) is 19.0 Å². The van der Waals surface area contributed by atoms with E-state index in [1.165, 1.54) is 0 Å². The summed E-state index contributed by atoms with van der Waals surface area (Å²) in [4.78, 5) is 24.9. The lowest BCUT2D eigenvalue weighted by atomic mass is 10.4. The fourth-order valence-electron chi connectivity index (χ4n) is 1.42. The lowest BCUT2D eigenvalue weighted by molar-refractivity contribution is -0.393. The summed E-state index contributed by atoms with van der Waals surface area (Å²) in [5.41, 5.74) is -0.385. The van der Waals surface area contributed by atoms with Gasteiger partial charge < -0.3 is 15.4 Å². The predicted molar refractivity (Wildman–Crippen MR) is 67.6 cm³/mol. The molecule has 130 valence electrons. The van der Waals surface area contributed by atoms with E-state index in [0.29, 0.717) is 4.57 Å². The van der Waals surface area contributed by atoms with Crippen molar-refractivity contribution in [3.63, 3.8) is 0 Å². The fourth-order valence-corrected chi connectivity index (χ4v) is 1.74. The molecule has 0 aliphatic carbocycles. The average molecular weight is 360 g/mol. The number of halogens is 3. The number of hydrogen-bond acceptors (Lipinski definition) is 7. The molecule has 0 aromatic carbocycles. The van der Waals surface area contributed by atoms with E-state index < -0.39 is 52.6 Å². The first-order chi connectivity index (χ1) is 10.4. The van der Waals surface area contributed by atoms with Crippen molar-refractivity contribution in [1.82, 2.24) is 14.9 Å². The van der Waals surface area contributed by atoms with Gasteiger partial charge in [-0.25, -0.2) is 9.55 Å². The number of imidazole rings is 1. The highest BCUT2D eigenvalue weighted by Crippen LogP contribution is 2.19. The van der Waals surface area contributed by atoms with Crippen LogP contribution in [0.25, 0.3) is 0 Å². The number of nitrogens with one attached hydrogen (secondary N) is 1. The molecule has 0 aliphatic heterocycles. The molecule has 0 fully saturated rings. The summed E-state index contributed by atoms with van der Waals surface area (Å²) in [6.07, 6.45) is -3.07. The lowest BCUT2D eigenvalue weighted by Gasteiger charge is -2.07. The first-order valence-electron chi connectivity index (χ1n) is 5.75. The monoisotopic (exact) mass is 360 g/mol. The summed E-state index contributed by atoms with van der Waals surface area (Å²) in [6, 6.07) is 0. The smallest absolute Gasteiger partial charge is 0.358 e. The molecule has 0 unspecified atom stereocenters. The molecule has 14 heteroatoms. The second-order valence-corrected chi connectivity index (χ2v) is 5.90. The Morgan fingerprint density at radius 1 is 1.52 bits per heavy atom. The van der Waals surface area contributed by atoms with Crippen molar-refractivity contribution >= 4 is 21.8 Å². The molecule has 1 amide bonds. The third-order valence-electron chi connectivity index (χ3n) is 2.27. The molecule has 0 atom stereocenters. The van der Waals surface area contributed by atoms with Crippen molar-refractivity contribution in [2.45, 2.75) is 19.3 Å². The first kappa shape index (κ1) is 18.8. The largest absolute Gasteiger partial charge is 0.405 e. The van der Waals surface area contributed by atoms with Crippen LogP contribution in [0.5, 0.6) is 0 Å². The van der Waals surface area contributed by atoms with Gasteiger partial charge in [0.2, 0.25) is 0 Å². The Labute approximate surface area is 127 Å². The molecule has 1 heterocycles. The number of nitro groups is 1. The summed E-state index contributed by atoms with van der Waals surface area (Å²) < 4.78 is 62.6. The Balaban J connectivity index is 2.85. The molecule has 23 heavy (non-hydrogen) atoms. The molecular formula is C9H11F3N4O6S. The molecule has 10 nitrogen and oxygen atoms in total. The summed E-state index contributed by atoms with van der Waals surface area (Å²) in [7, 11) is -3.88. The van der Waals surface area contributed by atoms with Crippen molar-refractivity contribution in [1.29, 1.82) is 0 Å². The average Bonchev–Trinajstić information content (AvgIpc) is 2.75. The summed E-state index contributed by atoms with van der Waals surface area (Å²) >= 11 is 0. The van der Waals surface area contributed by atoms with Crippen molar-refractivity contribution in [3.8, 4) is 0 Å². The van der Waals surface area contributed by atoms with Crippen LogP contribution >= 0.6 is 0 Å². The number of nitrogens with zero attached hydrogens (tertiary/aromatic N) is 3. The van der Waals surface area contributed by atoms with E-state index in [-0.39, 0.29) is 5.69 Å². The topological polar surface area (TPSA) is 133 Å². The highest BCUT2D eigenvalue weighted by atomic mass is 32.2. The number of aromatic nitrogens is 2. The van der Waals surface area contributed by atoms with Crippen molar-refractivity contribution in [3.05, 3.63) is 22.1 Å². The number of rotatable bonds is 7. The predicted octanol–water partition coefficient (Wildman–Crippen LogP) is -0.0540. The van der Waals surface area contributed by atoms with E-state index in [1.54, 1.807) is 5.32 Å². The van der Waals surface area contributed by atoms with E-state index in [9.17, 15) is 36.5 Å². The Hall–Kier alpha value is -2.22. The second kappa shape index (κ2) is 6.91. The van der Waals surface area contributed by atoms with Crippen LogP contribution in [0.1, 0.15) is 5.69 Å². The van der Waals surface area contributed by atoms with Gasteiger partial charge in [-0.1, -0.05) is 0 Å². The Morgan fingerprint density at radius 2 is 2.13 bits per heavy atom. The van der Waals surface area contributed by atoms with Crippen molar-refractivity contribution in [2.75, 3.05) is 12.8 Å². The maximum absolute atomic E-state index is 12.0. The highest BCUT2D eigenvalue weighted by Gasteiger charge is 2.29. The van der Waals surface area contributed by atoms with Crippen LogP contribution in [-0.2, 0) is 32.2 Å². The zero-order valence-corrected chi connectivity index (χ0v) is 12.3. The summed E-state index contributed by atoms with van der Waals surface area (Å²) in [6.45, 7) is -3.12. The minimum absolute atomic E-state index is 0.385. The summed E-state index contributed by atoms with van der Waals surface area (Å²) in [5.74, 6) is -1.88. The van der Waals surface area contributed by atoms with Crippen LogP contribution in [0.2, 0.25) is 0 Å². The van der Waals surface area contributed by atoms with E-state index in [0.717, 1.165) is 12.6 Å². The highest BCUT2D eigenvalue weighted by molar-refractivity contribution is 7.85. The van der Waals surface area contributed by atoms with E-state index in [4.69, 9.17) is 0 Å². The second-order valence-electron chi connectivity index (χ2n) is 4.26. The van der Waals surface area contributed by atoms with Gasteiger partial charge in [-0.15, -0.1) is 0 Å². The van der Waals surface area contributed by atoms with Crippen molar-refractivity contribution < 1.29 is 35.5 Å². The zero-order chi connectivity index (χ0) is 17.8. The molecule has 0 saturated heterocycles. The van der Waals surface area contributed by atoms with E-state index >= 15 is 0 Å². The van der Waals surface area contributed by atoms with E-state index in [2.05, 4.69) is 9.17 Å². The minimum atomic E-state index is -4.62. The lowest BCUT2D eigenvalue weighted by Crippen LogP contribution is -2.35. The molecule has 0 aliphatic rings. The third-order valence-corrected chi connectivity index (χ3v) is 2.81. The van der Waals surface area contributed by atoms with Crippen LogP contribution in [0, 0.1) is 10.1 Å². The number of amides is 1. The molecule has 1 rings (SSSR count). The molecule has 1 N–H and O–H groups in total. The van der Waals surface area contributed by atoms with Gasteiger partial charge in [-0.2, -0.15) is 21.6 Å². The standard InChI is InChI=1S/C9H11F3N4O6S/c1-23(20,21)22-3-6-8(16(18)19)15(5-14-6)2-7(17)13-4-9(10,11)12/h5H,2-4H2,1H3,(H,13,17). The van der Waals surface area contributed by atoms with E-state index in [1.807, 2.05) is 0 Å². The maximum atomic E-state index is 12.0. The minimum Gasteiger partial charge on any atom is -0.358 e. The third kappa shape index (κ3) is 6.60. The number of carbonyl (C=O) groups is 1. The van der Waals surface area contributed by atoms with Gasteiger partial charge >= 0.3 is 12.0 Å². The number of alkyl halides is 3. The molecule has 0 spiro atoms. The van der Waals surface area contributed by atoms with Gasteiger partial charge in [-0.3, -0.25) is 8.98 Å². The molecule has 0 bridgehead atoms. The summed E-state index contributed by atoms with van der Waals surface area (Å²) in [5, 5.41) is 12.5. The Kier molecular flexibility index (Phi) is 5.65. The molecule has 0 saturated carbocycles. The van der Waals surface area contributed by atoms with Crippen LogP contribution in [0.3, 0.4) is 0 Å². The fraction of sp³-hybridized carbons (Fsp3) is 0.556. The molecule has 1 aromatic rings.